The molecular weight excluding hydrogens is 590 g/mol. The molecule has 0 spiro atoms. The van der Waals surface area contributed by atoms with E-state index in [9.17, 15) is 24.3 Å². The number of nitrogens with one attached hydrogen (secondary N) is 3. The zero-order valence-corrected chi connectivity index (χ0v) is 25.8. The molecule has 0 saturated carbocycles. The summed E-state index contributed by atoms with van der Waals surface area (Å²) in [5, 5.41) is 17.3. The number of benzene rings is 4. The molecule has 0 radical (unpaired) electrons. The van der Waals surface area contributed by atoms with E-state index in [1.165, 1.54) is 23.9 Å². The van der Waals surface area contributed by atoms with Crippen LogP contribution in [0.15, 0.2) is 108 Å². The van der Waals surface area contributed by atoms with Crippen LogP contribution < -0.4 is 20.7 Å². The Balaban J connectivity index is 1.51. The van der Waals surface area contributed by atoms with Crippen molar-refractivity contribution in [3.63, 3.8) is 0 Å². The standard InChI is InChI=1S/C35H33N3O6S/c1-4-31(34(41)37-29-20-25(35(42)43)16-13-22(29)2)45-28-12-8-11-26(21-28)36-33(40)30(19-23-14-17-27(44-3)18-15-23)38-32(39)24-9-6-5-7-10-24/h5-21,31H,4H2,1-3H3,(H,36,40)(H,37,41)(H,38,39)(H,42,43)/b30-19+. The maximum atomic E-state index is 13.5. The number of thioether (sulfide) groups is 1. The molecule has 1 atom stereocenters. The van der Waals surface area contributed by atoms with Crippen LogP contribution in [0.2, 0.25) is 0 Å². The second kappa shape index (κ2) is 15.4. The normalized spacial score (nSPS) is 11.7. The Bertz CT molecular complexity index is 1720. The number of hydrogen-bond acceptors (Lipinski definition) is 6. The zero-order chi connectivity index (χ0) is 32.3. The van der Waals surface area contributed by atoms with Gasteiger partial charge in [0.15, 0.2) is 0 Å². The number of anilines is 2. The number of carbonyl (C=O) groups is 4. The van der Waals surface area contributed by atoms with E-state index in [-0.39, 0.29) is 17.2 Å². The van der Waals surface area contributed by atoms with Gasteiger partial charge in [-0.3, -0.25) is 14.4 Å². The van der Waals surface area contributed by atoms with Gasteiger partial charge in [0.1, 0.15) is 11.4 Å². The minimum Gasteiger partial charge on any atom is -0.497 e. The van der Waals surface area contributed by atoms with Crippen LogP contribution in [0.5, 0.6) is 5.75 Å². The van der Waals surface area contributed by atoms with Crippen LogP contribution in [0.1, 0.15) is 45.2 Å². The summed E-state index contributed by atoms with van der Waals surface area (Å²) in [5.74, 6) is -1.65. The molecule has 0 bridgehead atoms. The van der Waals surface area contributed by atoms with Crippen molar-refractivity contribution < 1.29 is 29.0 Å². The van der Waals surface area contributed by atoms with Crippen LogP contribution in [-0.2, 0) is 9.59 Å². The number of aryl methyl sites for hydroxylation is 1. The largest absolute Gasteiger partial charge is 0.497 e. The van der Waals surface area contributed by atoms with E-state index in [1.807, 2.05) is 13.0 Å². The lowest BCUT2D eigenvalue weighted by Gasteiger charge is -2.17. The predicted molar refractivity (Wildman–Crippen MR) is 177 cm³/mol. The van der Waals surface area contributed by atoms with Crippen LogP contribution in [0.3, 0.4) is 0 Å². The van der Waals surface area contributed by atoms with Gasteiger partial charge in [-0.25, -0.2) is 4.79 Å². The Hall–Kier alpha value is -5.35. The number of ether oxygens (including phenoxy) is 1. The van der Waals surface area contributed by atoms with Crippen molar-refractivity contribution in [3.05, 3.63) is 125 Å². The minimum atomic E-state index is -1.08. The van der Waals surface area contributed by atoms with Gasteiger partial charge in [0.2, 0.25) is 5.91 Å². The first-order valence-electron chi connectivity index (χ1n) is 14.1. The maximum absolute atomic E-state index is 13.5. The molecule has 0 heterocycles. The van der Waals surface area contributed by atoms with Gasteiger partial charge in [-0.05, 0) is 85.1 Å². The Morgan fingerprint density at radius 1 is 0.867 bits per heavy atom. The van der Waals surface area contributed by atoms with Gasteiger partial charge in [-0.2, -0.15) is 0 Å². The van der Waals surface area contributed by atoms with Crippen molar-refractivity contribution in [1.29, 1.82) is 0 Å². The highest BCUT2D eigenvalue weighted by Crippen LogP contribution is 2.29. The molecule has 9 nitrogen and oxygen atoms in total. The van der Waals surface area contributed by atoms with Crippen molar-refractivity contribution in [2.24, 2.45) is 0 Å². The van der Waals surface area contributed by atoms with Gasteiger partial charge in [0.05, 0.1) is 17.9 Å². The first kappa shape index (κ1) is 32.6. The van der Waals surface area contributed by atoms with Crippen LogP contribution in [0, 0.1) is 6.92 Å². The van der Waals surface area contributed by atoms with Crippen molar-refractivity contribution in [2.75, 3.05) is 17.7 Å². The minimum absolute atomic E-state index is 0.0387. The molecular formula is C35H33N3O6S. The van der Waals surface area contributed by atoms with Gasteiger partial charge in [0, 0.05) is 21.8 Å². The van der Waals surface area contributed by atoms with Crippen molar-refractivity contribution in [3.8, 4) is 5.75 Å². The molecule has 3 amide bonds. The highest BCUT2D eigenvalue weighted by atomic mass is 32.2. The molecule has 4 N–H and O–H groups in total. The van der Waals surface area contributed by atoms with Crippen molar-refractivity contribution in [1.82, 2.24) is 5.32 Å². The molecule has 0 aliphatic carbocycles. The molecule has 4 aromatic rings. The molecule has 0 fully saturated rings. The number of aromatic carboxylic acids is 1. The fraction of sp³-hybridized carbons (Fsp3) is 0.143. The van der Waals surface area contributed by atoms with Gasteiger partial charge < -0.3 is 25.8 Å². The number of rotatable bonds is 12. The molecule has 0 aliphatic heterocycles. The predicted octanol–water partition coefficient (Wildman–Crippen LogP) is 6.62. The van der Waals surface area contributed by atoms with Crippen molar-refractivity contribution >= 4 is 52.9 Å². The van der Waals surface area contributed by atoms with Crippen LogP contribution in [-0.4, -0.2) is 41.2 Å². The van der Waals surface area contributed by atoms with Gasteiger partial charge in [-0.15, -0.1) is 11.8 Å². The summed E-state index contributed by atoms with van der Waals surface area (Å²) in [4.78, 5) is 51.7. The summed E-state index contributed by atoms with van der Waals surface area (Å²) in [6.45, 7) is 3.68. The number of hydrogen-bond donors (Lipinski definition) is 4. The molecule has 0 aromatic heterocycles. The monoisotopic (exact) mass is 623 g/mol. The summed E-state index contributed by atoms with van der Waals surface area (Å²) in [6.07, 6.45) is 2.08. The summed E-state index contributed by atoms with van der Waals surface area (Å²) < 4.78 is 5.21. The molecule has 10 heteroatoms. The lowest BCUT2D eigenvalue weighted by Crippen LogP contribution is -2.30. The molecule has 4 rings (SSSR count). The first-order valence-corrected chi connectivity index (χ1v) is 15.0. The number of carboxylic acids is 1. The van der Waals surface area contributed by atoms with E-state index in [0.29, 0.717) is 34.7 Å². The summed E-state index contributed by atoms with van der Waals surface area (Å²) in [5.41, 5.74) is 2.86. The van der Waals surface area contributed by atoms with Crippen LogP contribution in [0.4, 0.5) is 11.4 Å². The molecule has 1 unspecified atom stereocenters. The Labute approximate surface area is 265 Å². The van der Waals surface area contributed by atoms with E-state index < -0.39 is 23.0 Å². The van der Waals surface area contributed by atoms with Gasteiger partial charge in [-0.1, -0.05) is 49.4 Å². The summed E-state index contributed by atoms with van der Waals surface area (Å²) >= 11 is 1.32. The SMILES string of the molecule is CCC(Sc1cccc(NC(=O)/C(=C\c2ccc(OC)cc2)NC(=O)c2ccccc2)c1)C(=O)Nc1cc(C(=O)O)ccc1C. The fourth-order valence-corrected chi connectivity index (χ4v) is 5.26. The van der Waals surface area contributed by atoms with E-state index in [2.05, 4.69) is 16.0 Å². The zero-order valence-electron chi connectivity index (χ0n) is 25.0. The van der Waals surface area contributed by atoms with E-state index >= 15 is 0 Å². The Morgan fingerprint density at radius 3 is 2.27 bits per heavy atom. The van der Waals surface area contributed by atoms with Crippen LogP contribution in [0.25, 0.3) is 6.08 Å². The average molecular weight is 624 g/mol. The molecule has 230 valence electrons. The number of methoxy groups -OCH3 is 1. The van der Waals surface area contributed by atoms with Gasteiger partial charge in [0.25, 0.3) is 11.8 Å². The molecule has 45 heavy (non-hydrogen) atoms. The van der Waals surface area contributed by atoms with Crippen LogP contribution >= 0.6 is 11.8 Å². The number of carboxylic acid groups (broad SMARTS) is 1. The third kappa shape index (κ3) is 9.07. The third-order valence-electron chi connectivity index (χ3n) is 6.73. The topological polar surface area (TPSA) is 134 Å². The molecule has 0 saturated heterocycles. The lowest BCUT2D eigenvalue weighted by molar-refractivity contribution is -0.116. The van der Waals surface area contributed by atoms with E-state index in [4.69, 9.17) is 4.74 Å². The second-order valence-corrected chi connectivity index (χ2v) is 11.2. The average Bonchev–Trinajstić information content (AvgIpc) is 3.05. The lowest BCUT2D eigenvalue weighted by atomic mass is 10.1. The summed E-state index contributed by atoms with van der Waals surface area (Å²) in [6, 6.07) is 27.3. The molecule has 4 aromatic carbocycles. The second-order valence-electron chi connectivity index (χ2n) is 9.97. The number of amides is 3. The van der Waals surface area contributed by atoms with E-state index in [1.54, 1.807) is 99.0 Å². The first-order chi connectivity index (χ1) is 21.7. The highest BCUT2D eigenvalue weighted by molar-refractivity contribution is 8.00. The summed E-state index contributed by atoms with van der Waals surface area (Å²) in [7, 11) is 1.56. The fourth-order valence-electron chi connectivity index (χ4n) is 4.24. The third-order valence-corrected chi connectivity index (χ3v) is 8.09. The quantitative estimate of drug-likeness (QED) is 0.103. The Morgan fingerprint density at radius 2 is 1.60 bits per heavy atom. The van der Waals surface area contributed by atoms with Crippen molar-refractivity contribution in [2.45, 2.75) is 30.4 Å². The Kier molecular flexibility index (Phi) is 11.1. The maximum Gasteiger partial charge on any atom is 0.335 e. The number of carbonyl (C=O) groups excluding carboxylic acids is 3. The van der Waals surface area contributed by atoms with Gasteiger partial charge >= 0.3 is 5.97 Å². The van der Waals surface area contributed by atoms with E-state index in [0.717, 1.165) is 10.5 Å². The molecule has 0 aliphatic rings. The highest BCUT2D eigenvalue weighted by Gasteiger charge is 2.20. The smallest absolute Gasteiger partial charge is 0.335 e.